The highest BCUT2D eigenvalue weighted by Gasteiger charge is 2.30. The standard InChI is InChI=1S/C16H15FO2/c1-10-6-7-12(17)9-13(10)16(18)15-8-11-4-2-3-5-14(11)19-15/h2-7,9,15-16,18H,8H2,1H3. The average molecular weight is 258 g/mol. The first kappa shape index (κ1) is 12.2. The second-order valence-electron chi connectivity index (χ2n) is 4.91. The van der Waals surface area contributed by atoms with Gasteiger partial charge in [-0.25, -0.2) is 4.39 Å². The van der Waals surface area contributed by atoms with Gasteiger partial charge >= 0.3 is 0 Å². The number of aliphatic hydroxyl groups excluding tert-OH is 1. The lowest BCUT2D eigenvalue weighted by atomic mass is 9.97. The van der Waals surface area contributed by atoms with Crippen LogP contribution in [-0.4, -0.2) is 11.2 Å². The van der Waals surface area contributed by atoms with Crippen molar-refractivity contribution in [2.45, 2.75) is 25.6 Å². The summed E-state index contributed by atoms with van der Waals surface area (Å²) in [5, 5.41) is 10.4. The van der Waals surface area contributed by atoms with Crippen LogP contribution in [0.4, 0.5) is 4.39 Å². The van der Waals surface area contributed by atoms with E-state index in [0.29, 0.717) is 12.0 Å². The second kappa shape index (κ2) is 4.67. The van der Waals surface area contributed by atoms with E-state index in [1.54, 1.807) is 6.07 Å². The lowest BCUT2D eigenvalue weighted by Crippen LogP contribution is -2.23. The first-order valence-corrected chi connectivity index (χ1v) is 6.34. The third-order valence-electron chi connectivity index (χ3n) is 3.58. The molecule has 2 atom stereocenters. The molecule has 2 unspecified atom stereocenters. The molecule has 0 radical (unpaired) electrons. The van der Waals surface area contributed by atoms with Gasteiger partial charge in [-0.2, -0.15) is 0 Å². The van der Waals surface area contributed by atoms with E-state index in [9.17, 15) is 9.50 Å². The Kier molecular flexibility index (Phi) is 2.99. The summed E-state index contributed by atoms with van der Waals surface area (Å²) in [4.78, 5) is 0. The number of halogens is 1. The van der Waals surface area contributed by atoms with Crippen LogP contribution in [-0.2, 0) is 6.42 Å². The van der Waals surface area contributed by atoms with Gasteiger partial charge in [-0.1, -0.05) is 24.3 Å². The molecule has 1 aliphatic heterocycles. The number of aliphatic hydroxyl groups is 1. The molecule has 0 bridgehead atoms. The van der Waals surface area contributed by atoms with Crippen molar-refractivity contribution in [3.05, 3.63) is 65.0 Å². The average Bonchev–Trinajstić information content (AvgIpc) is 2.84. The minimum atomic E-state index is -0.817. The van der Waals surface area contributed by atoms with Gasteiger partial charge in [0.15, 0.2) is 0 Å². The number of hydrogen-bond donors (Lipinski definition) is 1. The van der Waals surface area contributed by atoms with Crippen LogP contribution in [0.15, 0.2) is 42.5 Å². The predicted octanol–water partition coefficient (Wildman–Crippen LogP) is 3.17. The zero-order valence-electron chi connectivity index (χ0n) is 10.6. The van der Waals surface area contributed by atoms with E-state index in [2.05, 4.69) is 0 Å². The zero-order valence-corrected chi connectivity index (χ0v) is 10.6. The van der Waals surface area contributed by atoms with Crippen molar-refractivity contribution in [3.63, 3.8) is 0 Å². The van der Waals surface area contributed by atoms with Crippen molar-refractivity contribution in [2.24, 2.45) is 0 Å². The Hall–Kier alpha value is -1.87. The molecule has 1 N–H and O–H groups in total. The number of fused-ring (bicyclic) bond motifs is 1. The molecule has 0 fully saturated rings. The van der Waals surface area contributed by atoms with Gasteiger partial charge in [-0.05, 0) is 41.8 Å². The second-order valence-corrected chi connectivity index (χ2v) is 4.91. The molecule has 2 aromatic carbocycles. The SMILES string of the molecule is Cc1ccc(F)cc1C(O)C1Cc2ccccc2O1. The first-order chi connectivity index (χ1) is 9.15. The largest absolute Gasteiger partial charge is 0.487 e. The highest BCUT2D eigenvalue weighted by Crippen LogP contribution is 2.34. The van der Waals surface area contributed by atoms with Crippen LogP contribution < -0.4 is 4.74 Å². The van der Waals surface area contributed by atoms with Gasteiger partial charge in [0.25, 0.3) is 0 Å². The van der Waals surface area contributed by atoms with Crippen LogP contribution in [0.25, 0.3) is 0 Å². The fourth-order valence-electron chi connectivity index (χ4n) is 2.52. The minimum Gasteiger partial charge on any atom is -0.487 e. The molecule has 1 heterocycles. The van der Waals surface area contributed by atoms with Crippen molar-refractivity contribution < 1.29 is 14.2 Å². The molecule has 0 aliphatic carbocycles. The van der Waals surface area contributed by atoms with Crippen LogP contribution in [0.3, 0.4) is 0 Å². The van der Waals surface area contributed by atoms with Crippen LogP contribution in [0.1, 0.15) is 22.8 Å². The van der Waals surface area contributed by atoms with Crippen molar-refractivity contribution in [2.75, 3.05) is 0 Å². The van der Waals surface area contributed by atoms with Gasteiger partial charge in [-0.3, -0.25) is 0 Å². The smallest absolute Gasteiger partial charge is 0.133 e. The number of rotatable bonds is 2. The first-order valence-electron chi connectivity index (χ1n) is 6.34. The van der Waals surface area contributed by atoms with Gasteiger partial charge in [0.2, 0.25) is 0 Å². The molecule has 0 spiro atoms. The summed E-state index contributed by atoms with van der Waals surface area (Å²) in [6.07, 6.45) is -0.520. The van der Waals surface area contributed by atoms with Crippen LogP contribution in [0.5, 0.6) is 5.75 Å². The van der Waals surface area contributed by atoms with Crippen LogP contribution in [0, 0.1) is 12.7 Å². The molecule has 0 amide bonds. The summed E-state index contributed by atoms with van der Waals surface area (Å²) >= 11 is 0. The van der Waals surface area contributed by atoms with E-state index >= 15 is 0 Å². The summed E-state index contributed by atoms with van der Waals surface area (Å²) in [7, 11) is 0. The van der Waals surface area contributed by atoms with Gasteiger partial charge in [0.05, 0.1) is 0 Å². The van der Waals surface area contributed by atoms with E-state index in [1.165, 1.54) is 12.1 Å². The maximum atomic E-state index is 13.3. The fraction of sp³-hybridized carbons (Fsp3) is 0.250. The van der Waals surface area contributed by atoms with Crippen molar-refractivity contribution in [1.29, 1.82) is 0 Å². The molecule has 2 nitrogen and oxygen atoms in total. The highest BCUT2D eigenvalue weighted by atomic mass is 19.1. The molecule has 0 saturated heterocycles. The van der Waals surface area contributed by atoms with Crippen molar-refractivity contribution in [3.8, 4) is 5.75 Å². The lowest BCUT2D eigenvalue weighted by Gasteiger charge is -2.20. The summed E-state index contributed by atoms with van der Waals surface area (Å²) in [6.45, 7) is 1.86. The molecular formula is C16H15FO2. The van der Waals surface area contributed by atoms with E-state index in [0.717, 1.165) is 16.9 Å². The Balaban J connectivity index is 1.87. The quantitative estimate of drug-likeness (QED) is 0.896. The normalized spacial score (nSPS) is 18.8. The monoisotopic (exact) mass is 258 g/mol. The number of hydrogen-bond acceptors (Lipinski definition) is 2. The number of ether oxygens (including phenoxy) is 1. The van der Waals surface area contributed by atoms with Crippen LogP contribution in [0.2, 0.25) is 0 Å². The molecule has 3 rings (SSSR count). The third-order valence-corrected chi connectivity index (χ3v) is 3.58. The Bertz CT molecular complexity index is 584. The lowest BCUT2D eigenvalue weighted by molar-refractivity contribution is 0.0486. The summed E-state index contributed by atoms with van der Waals surface area (Å²) in [5.41, 5.74) is 2.55. The molecule has 1 aliphatic rings. The highest BCUT2D eigenvalue weighted by molar-refractivity contribution is 5.39. The van der Waals surface area contributed by atoms with Crippen LogP contribution >= 0.6 is 0 Å². The molecule has 2 aromatic rings. The predicted molar refractivity (Wildman–Crippen MR) is 70.7 cm³/mol. The number of benzene rings is 2. The maximum Gasteiger partial charge on any atom is 0.133 e. The van der Waals surface area contributed by atoms with Gasteiger partial charge in [0.1, 0.15) is 23.8 Å². The van der Waals surface area contributed by atoms with Crippen molar-refractivity contribution >= 4 is 0 Å². The zero-order chi connectivity index (χ0) is 13.4. The Morgan fingerprint density at radius 2 is 2.05 bits per heavy atom. The molecule has 19 heavy (non-hydrogen) atoms. The molecule has 98 valence electrons. The van der Waals surface area contributed by atoms with Gasteiger partial charge < -0.3 is 9.84 Å². The van der Waals surface area contributed by atoms with Crippen molar-refractivity contribution in [1.82, 2.24) is 0 Å². The van der Waals surface area contributed by atoms with E-state index < -0.39 is 6.10 Å². The van der Waals surface area contributed by atoms with Gasteiger partial charge in [0, 0.05) is 6.42 Å². The minimum absolute atomic E-state index is 0.338. The van der Waals surface area contributed by atoms with E-state index in [1.807, 2.05) is 31.2 Å². The Morgan fingerprint density at radius 1 is 1.26 bits per heavy atom. The third kappa shape index (κ3) is 2.22. The molecular weight excluding hydrogens is 243 g/mol. The topological polar surface area (TPSA) is 29.5 Å². The Labute approximate surface area is 111 Å². The number of aryl methyl sites for hydroxylation is 1. The summed E-state index contributed by atoms with van der Waals surface area (Å²) < 4.78 is 19.1. The van der Waals surface area contributed by atoms with E-state index in [4.69, 9.17) is 4.74 Å². The number of para-hydroxylation sites is 1. The van der Waals surface area contributed by atoms with Gasteiger partial charge in [-0.15, -0.1) is 0 Å². The molecule has 3 heteroatoms. The van der Waals surface area contributed by atoms with E-state index in [-0.39, 0.29) is 11.9 Å². The molecule has 0 aromatic heterocycles. The Morgan fingerprint density at radius 3 is 2.84 bits per heavy atom. The summed E-state index contributed by atoms with van der Waals surface area (Å²) in [5.74, 6) is 0.468. The maximum absolute atomic E-state index is 13.3. The summed E-state index contributed by atoms with van der Waals surface area (Å²) in [6, 6.07) is 12.2. The molecule has 0 saturated carbocycles. The fourth-order valence-corrected chi connectivity index (χ4v) is 2.52.